The quantitative estimate of drug-likeness (QED) is 0.843. The van der Waals surface area contributed by atoms with Crippen molar-refractivity contribution in [1.82, 2.24) is 5.32 Å². The van der Waals surface area contributed by atoms with Crippen LogP contribution in [-0.2, 0) is 4.79 Å². The molecule has 0 spiro atoms. The molecule has 1 aromatic carbocycles. The first-order valence-corrected chi connectivity index (χ1v) is 6.92. The van der Waals surface area contributed by atoms with E-state index in [2.05, 4.69) is 10.6 Å². The normalized spacial score (nSPS) is 14.5. The van der Waals surface area contributed by atoms with E-state index in [1.165, 1.54) is 12.8 Å². The first-order valence-electron chi connectivity index (χ1n) is 6.54. The van der Waals surface area contributed by atoms with Crippen molar-refractivity contribution < 1.29 is 9.53 Å². The van der Waals surface area contributed by atoms with E-state index in [0.29, 0.717) is 29.0 Å². The Morgan fingerprint density at radius 2 is 2.21 bits per heavy atom. The van der Waals surface area contributed by atoms with Crippen molar-refractivity contribution in [1.29, 1.82) is 0 Å². The van der Waals surface area contributed by atoms with Gasteiger partial charge in [-0.2, -0.15) is 0 Å². The van der Waals surface area contributed by atoms with E-state index >= 15 is 0 Å². The van der Waals surface area contributed by atoms with Crippen LogP contribution in [0.15, 0.2) is 18.2 Å². The summed E-state index contributed by atoms with van der Waals surface area (Å²) >= 11 is 6.10. The van der Waals surface area contributed by atoms with Crippen molar-refractivity contribution in [3.8, 4) is 5.75 Å². The first-order chi connectivity index (χ1) is 9.04. The van der Waals surface area contributed by atoms with Crippen LogP contribution in [0.3, 0.4) is 0 Å². The minimum absolute atomic E-state index is 0.0551. The van der Waals surface area contributed by atoms with E-state index in [0.717, 1.165) is 0 Å². The molecule has 1 aliphatic carbocycles. The number of hydrogen-bond donors (Lipinski definition) is 2. The van der Waals surface area contributed by atoms with E-state index in [9.17, 15) is 4.79 Å². The number of carbonyl (C=O) groups is 1. The molecule has 0 atom stereocenters. The van der Waals surface area contributed by atoms with Gasteiger partial charge in [-0.3, -0.25) is 4.79 Å². The van der Waals surface area contributed by atoms with Crippen LogP contribution in [0.5, 0.6) is 5.75 Å². The maximum atomic E-state index is 11.7. The fourth-order valence-corrected chi connectivity index (χ4v) is 1.88. The lowest BCUT2D eigenvalue weighted by Gasteiger charge is -2.12. The summed E-state index contributed by atoms with van der Waals surface area (Å²) in [4.78, 5) is 11.7. The zero-order valence-corrected chi connectivity index (χ0v) is 12.0. The van der Waals surface area contributed by atoms with Gasteiger partial charge in [-0.1, -0.05) is 11.6 Å². The molecule has 19 heavy (non-hydrogen) atoms. The van der Waals surface area contributed by atoms with Crippen LogP contribution in [0.4, 0.5) is 5.69 Å². The van der Waals surface area contributed by atoms with Gasteiger partial charge >= 0.3 is 0 Å². The molecule has 0 bridgehead atoms. The Labute approximate surface area is 118 Å². The number of ether oxygens (including phenoxy) is 1. The smallest absolute Gasteiger partial charge is 0.238 e. The van der Waals surface area contributed by atoms with Crippen molar-refractivity contribution >= 4 is 23.2 Å². The third-order valence-corrected chi connectivity index (χ3v) is 3.00. The predicted octanol–water partition coefficient (Wildman–Crippen LogP) is 2.82. The minimum atomic E-state index is -0.0551. The summed E-state index contributed by atoms with van der Waals surface area (Å²) in [5.41, 5.74) is 0.684. The predicted molar refractivity (Wildman–Crippen MR) is 76.9 cm³/mol. The van der Waals surface area contributed by atoms with Crippen LogP contribution in [-0.4, -0.2) is 24.6 Å². The topological polar surface area (TPSA) is 50.4 Å². The summed E-state index contributed by atoms with van der Waals surface area (Å²) in [5.74, 6) is 0.575. The molecule has 1 fully saturated rings. The van der Waals surface area contributed by atoms with Gasteiger partial charge in [0, 0.05) is 11.7 Å². The van der Waals surface area contributed by atoms with Gasteiger partial charge in [0.2, 0.25) is 5.91 Å². The fraction of sp³-hybridized carbons (Fsp3) is 0.500. The molecule has 4 nitrogen and oxygen atoms in total. The van der Waals surface area contributed by atoms with Crippen molar-refractivity contribution in [3.63, 3.8) is 0 Å². The molecule has 1 aliphatic rings. The Balaban J connectivity index is 1.89. The van der Waals surface area contributed by atoms with Crippen LogP contribution in [0.25, 0.3) is 0 Å². The Hall–Kier alpha value is -1.26. The van der Waals surface area contributed by atoms with Crippen LogP contribution >= 0.6 is 11.6 Å². The third-order valence-electron chi connectivity index (χ3n) is 2.71. The van der Waals surface area contributed by atoms with Crippen LogP contribution in [0, 0.1) is 0 Å². The average molecular weight is 283 g/mol. The molecule has 0 aromatic heterocycles. The molecule has 0 unspecified atom stereocenters. The Bertz CT molecular complexity index is 459. The number of carbonyl (C=O) groups excluding carboxylic acids is 1. The molecule has 2 rings (SSSR count). The van der Waals surface area contributed by atoms with Gasteiger partial charge in [0.05, 0.1) is 17.7 Å². The summed E-state index contributed by atoms with van der Waals surface area (Å²) in [6, 6.07) is 5.79. The van der Waals surface area contributed by atoms with Crippen molar-refractivity contribution in [2.45, 2.75) is 38.8 Å². The molecule has 1 saturated carbocycles. The monoisotopic (exact) mass is 282 g/mol. The molecule has 0 radical (unpaired) electrons. The van der Waals surface area contributed by atoms with Gasteiger partial charge in [-0.15, -0.1) is 0 Å². The van der Waals surface area contributed by atoms with Crippen LogP contribution in [0.2, 0.25) is 5.02 Å². The average Bonchev–Trinajstić information content (AvgIpc) is 3.13. The summed E-state index contributed by atoms with van der Waals surface area (Å²) in [6.45, 7) is 4.22. The molecule has 104 valence electrons. The van der Waals surface area contributed by atoms with Gasteiger partial charge in [-0.25, -0.2) is 0 Å². The van der Waals surface area contributed by atoms with Crippen LogP contribution in [0.1, 0.15) is 26.7 Å². The highest BCUT2D eigenvalue weighted by Gasteiger charge is 2.21. The Morgan fingerprint density at radius 3 is 2.79 bits per heavy atom. The lowest BCUT2D eigenvalue weighted by molar-refractivity contribution is -0.115. The number of benzene rings is 1. The third kappa shape index (κ3) is 4.73. The van der Waals surface area contributed by atoms with E-state index in [1.54, 1.807) is 18.2 Å². The molecule has 1 amide bonds. The second kappa shape index (κ2) is 6.26. The summed E-state index contributed by atoms with van der Waals surface area (Å²) in [5, 5.41) is 6.47. The summed E-state index contributed by atoms with van der Waals surface area (Å²) < 4.78 is 5.54. The van der Waals surface area contributed by atoms with E-state index in [-0.39, 0.29) is 12.0 Å². The molecule has 0 aliphatic heterocycles. The van der Waals surface area contributed by atoms with Crippen LogP contribution < -0.4 is 15.4 Å². The number of amides is 1. The van der Waals surface area contributed by atoms with Crippen molar-refractivity contribution in [3.05, 3.63) is 23.2 Å². The minimum Gasteiger partial charge on any atom is -0.489 e. The molecule has 0 heterocycles. The highest BCUT2D eigenvalue weighted by Crippen LogP contribution is 2.28. The number of rotatable bonds is 6. The molecule has 2 N–H and O–H groups in total. The lowest BCUT2D eigenvalue weighted by atomic mass is 10.3. The largest absolute Gasteiger partial charge is 0.489 e. The number of anilines is 1. The lowest BCUT2D eigenvalue weighted by Crippen LogP contribution is -2.29. The van der Waals surface area contributed by atoms with Crippen molar-refractivity contribution in [2.75, 3.05) is 11.9 Å². The maximum absolute atomic E-state index is 11.7. The van der Waals surface area contributed by atoms with Gasteiger partial charge in [0.1, 0.15) is 5.75 Å². The molecular weight excluding hydrogens is 264 g/mol. The van der Waals surface area contributed by atoms with Gasteiger partial charge in [0.15, 0.2) is 0 Å². The van der Waals surface area contributed by atoms with Gasteiger partial charge in [-0.05, 0) is 44.9 Å². The first kappa shape index (κ1) is 14.2. The second-order valence-corrected chi connectivity index (χ2v) is 5.42. The fourth-order valence-electron chi connectivity index (χ4n) is 1.66. The number of halogens is 1. The summed E-state index contributed by atoms with van der Waals surface area (Å²) in [7, 11) is 0. The molecule has 5 heteroatoms. The molecule has 1 aromatic rings. The second-order valence-electron chi connectivity index (χ2n) is 5.02. The zero-order valence-electron chi connectivity index (χ0n) is 11.2. The van der Waals surface area contributed by atoms with Gasteiger partial charge < -0.3 is 15.4 Å². The standard InChI is InChI=1S/C14H19ClN2O2/c1-9(2)19-13-6-5-11(7-12(13)15)17-14(18)8-16-10-3-4-10/h5-7,9-10,16H,3-4,8H2,1-2H3,(H,17,18). The van der Waals surface area contributed by atoms with Gasteiger partial charge in [0.25, 0.3) is 0 Å². The van der Waals surface area contributed by atoms with E-state index in [4.69, 9.17) is 16.3 Å². The number of nitrogens with one attached hydrogen (secondary N) is 2. The van der Waals surface area contributed by atoms with E-state index in [1.807, 2.05) is 13.8 Å². The number of hydrogen-bond acceptors (Lipinski definition) is 3. The van der Waals surface area contributed by atoms with E-state index < -0.39 is 0 Å². The Morgan fingerprint density at radius 1 is 1.47 bits per heavy atom. The summed E-state index contributed by atoms with van der Waals surface area (Å²) in [6.07, 6.45) is 2.40. The molecule has 0 saturated heterocycles. The maximum Gasteiger partial charge on any atom is 0.238 e. The SMILES string of the molecule is CC(C)Oc1ccc(NC(=O)CNC2CC2)cc1Cl. The Kier molecular flexibility index (Phi) is 4.66. The highest BCUT2D eigenvalue weighted by atomic mass is 35.5. The zero-order chi connectivity index (χ0) is 13.8. The molecular formula is C14H19ClN2O2. The highest BCUT2D eigenvalue weighted by molar-refractivity contribution is 6.32. The van der Waals surface area contributed by atoms with Crippen molar-refractivity contribution in [2.24, 2.45) is 0 Å².